The number of hydrogen-bond acceptors (Lipinski definition) is 5. The van der Waals surface area contributed by atoms with Crippen molar-refractivity contribution >= 4 is 5.69 Å². The van der Waals surface area contributed by atoms with Crippen LogP contribution in [-0.4, -0.2) is 38.6 Å². The summed E-state index contributed by atoms with van der Waals surface area (Å²) in [7, 11) is 4.73. The summed E-state index contributed by atoms with van der Waals surface area (Å²) in [4.78, 5) is 0. The van der Waals surface area contributed by atoms with Gasteiger partial charge in [-0.25, -0.2) is 0 Å². The molecule has 5 nitrogen and oxygen atoms in total. The molecule has 1 rings (SSSR count). The molecule has 0 aliphatic carbocycles. The molecule has 0 heterocycles. The van der Waals surface area contributed by atoms with E-state index in [1.807, 2.05) is 13.8 Å². The fourth-order valence-electron chi connectivity index (χ4n) is 1.51. The van der Waals surface area contributed by atoms with E-state index in [4.69, 9.17) is 14.2 Å². The summed E-state index contributed by atoms with van der Waals surface area (Å²) < 4.78 is 15.8. The number of rotatable bonds is 6. The SMILES string of the molecule is COc1cc(OC)c(NC(C)(C)CO)c(OC)c1. The zero-order valence-electron chi connectivity index (χ0n) is 11.5. The van der Waals surface area contributed by atoms with Crippen LogP contribution in [-0.2, 0) is 0 Å². The van der Waals surface area contributed by atoms with Gasteiger partial charge in [-0.15, -0.1) is 0 Å². The Morgan fingerprint density at radius 1 is 1.06 bits per heavy atom. The molecule has 1 aromatic carbocycles. The molecular weight excluding hydrogens is 234 g/mol. The maximum absolute atomic E-state index is 9.31. The number of anilines is 1. The molecular formula is C13H21NO4. The van der Waals surface area contributed by atoms with Crippen molar-refractivity contribution in [3.63, 3.8) is 0 Å². The van der Waals surface area contributed by atoms with Gasteiger partial charge in [-0.3, -0.25) is 0 Å². The Kier molecular flexibility index (Phi) is 4.67. The van der Waals surface area contributed by atoms with E-state index < -0.39 is 5.54 Å². The van der Waals surface area contributed by atoms with Crippen molar-refractivity contribution < 1.29 is 19.3 Å². The van der Waals surface area contributed by atoms with Crippen molar-refractivity contribution in [1.82, 2.24) is 0 Å². The van der Waals surface area contributed by atoms with Crippen LogP contribution >= 0.6 is 0 Å². The van der Waals surface area contributed by atoms with Gasteiger partial charge in [0.15, 0.2) is 0 Å². The summed E-state index contributed by atoms with van der Waals surface area (Å²) in [5, 5.41) is 12.5. The van der Waals surface area contributed by atoms with Crippen LogP contribution in [0.15, 0.2) is 12.1 Å². The third kappa shape index (κ3) is 3.20. The van der Waals surface area contributed by atoms with Crippen molar-refractivity contribution in [2.45, 2.75) is 19.4 Å². The zero-order chi connectivity index (χ0) is 13.8. The molecule has 18 heavy (non-hydrogen) atoms. The number of ether oxygens (including phenoxy) is 3. The van der Waals surface area contributed by atoms with Gasteiger partial charge < -0.3 is 24.6 Å². The zero-order valence-corrected chi connectivity index (χ0v) is 11.5. The Labute approximate surface area is 108 Å². The summed E-state index contributed by atoms with van der Waals surface area (Å²) in [6.45, 7) is 3.76. The highest BCUT2D eigenvalue weighted by Gasteiger charge is 2.21. The number of aliphatic hydroxyl groups is 1. The largest absolute Gasteiger partial charge is 0.496 e. The molecule has 0 aliphatic heterocycles. The van der Waals surface area contributed by atoms with Crippen molar-refractivity contribution in [3.05, 3.63) is 12.1 Å². The predicted molar refractivity (Wildman–Crippen MR) is 70.9 cm³/mol. The van der Waals surface area contributed by atoms with Crippen LogP contribution in [0.4, 0.5) is 5.69 Å². The topological polar surface area (TPSA) is 60.0 Å². The lowest BCUT2D eigenvalue weighted by atomic mass is 10.1. The number of methoxy groups -OCH3 is 3. The Bertz CT molecular complexity index is 379. The first kappa shape index (κ1) is 14.4. The summed E-state index contributed by atoms with van der Waals surface area (Å²) >= 11 is 0. The van der Waals surface area contributed by atoms with E-state index in [-0.39, 0.29) is 6.61 Å². The molecule has 0 saturated heterocycles. The van der Waals surface area contributed by atoms with Gasteiger partial charge >= 0.3 is 0 Å². The Hall–Kier alpha value is -1.62. The van der Waals surface area contributed by atoms with Crippen LogP contribution in [0, 0.1) is 0 Å². The van der Waals surface area contributed by atoms with Crippen LogP contribution in [0.2, 0.25) is 0 Å². The molecule has 0 radical (unpaired) electrons. The second kappa shape index (κ2) is 5.82. The minimum Gasteiger partial charge on any atom is -0.496 e. The number of benzene rings is 1. The van der Waals surface area contributed by atoms with Crippen LogP contribution in [0.25, 0.3) is 0 Å². The lowest BCUT2D eigenvalue weighted by Crippen LogP contribution is -2.35. The predicted octanol–water partition coefficient (Wildman–Crippen LogP) is 1.90. The standard InChI is InChI=1S/C13H21NO4/c1-13(2,8-15)14-12-10(17-4)6-9(16-3)7-11(12)18-5/h6-7,14-15H,8H2,1-5H3. The maximum Gasteiger partial charge on any atom is 0.149 e. The fourth-order valence-corrected chi connectivity index (χ4v) is 1.51. The smallest absolute Gasteiger partial charge is 0.149 e. The molecule has 0 amide bonds. The molecule has 102 valence electrons. The lowest BCUT2D eigenvalue weighted by Gasteiger charge is -2.27. The van der Waals surface area contributed by atoms with Crippen molar-refractivity contribution in [2.24, 2.45) is 0 Å². The van der Waals surface area contributed by atoms with Gasteiger partial charge in [-0.2, -0.15) is 0 Å². The highest BCUT2D eigenvalue weighted by Crippen LogP contribution is 2.40. The lowest BCUT2D eigenvalue weighted by molar-refractivity contribution is 0.233. The molecule has 0 aliphatic rings. The van der Waals surface area contributed by atoms with Crippen molar-refractivity contribution in [3.8, 4) is 17.2 Å². The third-order valence-corrected chi connectivity index (χ3v) is 2.57. The molecule has 0 fully saturated rings. The van der Waals surface area contributed by atoms with E-state index in [9.17, 15) is 5.11 Å². The molecule has 0 aromatic heterocycles. The molecule has 1 aromatic rings. The van der Waals surface area contributed by atoms with Crippen molar-refractivity contribution in [1.29, 1.82) is 0 Å². The Morgan fingerprint density at radius 2 is 1.56 bits per heavy atom. The van der Waals surface area contributed by atoms with Crippen LogP contribution in [0.3, 0.4) is 0 Å². The highest BCUT2D eigenvalue weighted by molar-refractivity contribution is 5.69. The monoisotopic (exact) mass is 255 g/mol. The Morgan fingerprint density at radius 3 is 1.89 bits per heavy atom. The van der Waals surface area contributed by atoms with Gasteiger partial charge in [0.05, 0.1) is 33.5 Å². The minimum absolute atomic E-state index is 0.00859. The summed E-state index contributed by atoms with van der Waals surface area (Å²) in [6.07, 6.45) is 0. The van der Waals surface area contributed by atoms with Gasteiger partial charge in [0, 0.05) is 12.1 Å². The molecule has 5 heteroatoms. The molecule has 2 N–H and O–H groups in total. The van der Waals surface area contributed by atoms with Crippen LogP contribution in [0.1, 0.15) is 13.8 Å². The van der Waals surface area contributed by atoms with Gasteiger partial charge in [-0.1, -0.05) is 0 Å². The summed E-state index contributed by atoms with van der Waals surface area (Å²) in [5.74, 6) is 1.86. The number of hydrogen-bond donors (Lipinski definition) is 2. The average molecular weight is 255 g/mol. The first-order chi connectivity index (χ1) is 8.47. The van der Waals surface area contributed by atoms with E-state index in [1.54, 1.807) is 33.5 Å². The second-order valence-corrected chi connectivity index (χ2v) is 4.57. The highest BCUT2D eigenvalue weighted by atomic mass is 16.5. The second-order valence-electron chi connectivity index (χ2n) is 4.57. The summed E-state index contributed by atoms with van der Waals surface area (Å²) in [6, 6.07) is 3.52. The van der Waals surface area contributed by atoms with E-state index in [0.29, 0.717) is 22.9 Å². The number of aliphatic hydroxyl groups excluding tert-OH is 1. The van der Waals surface area contributed by atoms with Gasteiger partial charge in [0.2, 0.25) is 0 Å². The Balaban J connectivity index is 3.23. The quantitative estimate of drug-likeness (QED) is 0.813. The molecule has 0 saturated carbocycles. The van der Waals surface area contributed by atoms with Crippen LogP contribution in [0.5, 0.6) is 17.2 Å². The summed E-state index contributed by atoms with van der Waals surface area (Å²) in [5.41, 5.74) is 0.217. The van der Waals surface area contributed by atoms with Gasteiger partial charge in [0.1, 0.15) is 22.9 Å². The van der Waals surface area contributed by atoms with Gasteiger partial charge in [-0.05, 0) is 13.8 Å². The number of nitrogens with one attached hydrogen (secondary N) is 1. The van der Waals surface area contributed by atoms with Crippen molar-refractivity contribution in [2.75, 3.05) is 33.3 Å². The molecule has 0 bridgehead atoms. The first-order valence-corrected chi connectivity index (χ1v) is 5.66. The fraction of sp³-hybridized carbons (Fsp3) is 0.538. The van der Waals surface area contributed by atoms with E-state index in [1.165, 1.54) is 0 Å². The third-order valence-electron chi connectivity index (χ3n) is 2.57. The maximum atomic E-state index is 9.31. The first-order valence-electron chi connectivity index (χ1n) is 5.66. The minimum atomic E-state index is -0.477. The molecule has 0 unspecified atom stereocenters. The van der Waals surface area contributed by atoms with E-state index in [2.05, 4.69) is 5.32 Å². The average Bonchev–Trinajstić information content (AvgIpc) is 2.38. The van der Waals surface area contributed by atoms with E-state index >= 15 is 0 Å². The van der Waals surface area contributed by atoms with Gasteiger partial charge in [0.25, 0.3) is 0 Å². The molecule has 0 atom stereocenters. The normalized spacial score (nSPS) is 11.0. The van der Waals surface area contributed by atoms with Crippen LogP contribution < -0.4 is 19.5 Å². The molecule has 0 spiro atoms. The van der Waals surface area contributed by atoms with E-state index in [0.717, 1.165) is 0 Å².